The van der Waals surface area contributed by atoms with Crippen LogP contribution in [0.4, 0.5) is 5.69 Å². The number of nitrogens with zero attached hydrogens (tertiary/aromatic N) is 1. The quantitative estimate of drug-likeness (QED) is 0.809. The molecule has 3 heteroatoms. The average Bonchev–Trinajstić information content (AvgIpc) is 2.66. The van der Waals surface area contributed by atoms with Gasteiger partial charge in [-0.05, 0) is 30.5 Å². The maximum atomic E-state index is 11.5. The van der Waals surface area contributed by atoms with Gasteiger partial charge >= 0.3 is 0 Å². The number of carbonyl (C=O) groups excluding carboxylic acids is 1. The molecule has 1 aromatic rings. The predicted molar refractivity (Wildman–Crippen MR) is 58.8 cm³/mol. The minimum atomic E-state index is 0.169. The third-order valence-electron chi connectivity index (χ3n) is 2.72. The van der Waals surface area contributed by atoms with Gasteiger partial charge in [-0.3, -0.25) is 4.79 Å². The number of hydrogen-bond acceptors (Lipinski definition) is 2. The highest BCUT2D eigenvalue weighted by molar-refractivity contribution is 5.95. The number of aliphatic hydroxyl groups excluding tert-OH is 1. The Bertz CT molecular complexity index is 345. The Labute approximate surface area is 89.3 Å². The van der Waals surface area contributed by atoms with Crippen LogP contribution in [0.5, 0.6) is 0 Å². The lowest BCUT2D eigenvalue weighted by atomic mass is 10.1. The molecule has 1 fully saturated rings. The Balaban J connectivity index is 2.12. The van der Waals surface area contributed by atoms with Gasteiger partial charge in [0.1, 0.15) is 0 Å². The predicted octanol–water partition coefficient (Wildman–Crippen LogP) is 1.35. The number of rotatable bonds is 3. The van der Waals surface area contributed by atoms with Crippen molar-refractivity contribution in [1.82, 2.24) is 0 Å². The van der Waals surface area contributed by atoms with E-state index in [1.165, 1.54) is 0 Å². The van der Waals surface area contributed by atoms with Crippen LogP contribution in [-0.4, -0.2) is 24.2 Å². The lowest BCUT2D eigenvalue weighted by molar-refractivity contribution is -0.117. The fourth-order valence-electron chi connectivity index (χ4n) is 1.89. The van der Waals surface area contributed by atoms with E-state index in [0.29, 0.717) is 12.8 Å². The lowest BCUT2D eigenvalue weighted by Crippen LogP contribution is -2.23. The first-order valence-electron chi connectivity index (χ1n) is 5.31. The monoisotopic (exact) mass is 205 g/mol. The van der Waals surface area contributed by atoms with Gasteiger partial charge < -0.3 is 10.0 Å². The molecule has 1 saturated heterocycles. The molecule has 80 valence electrons. The molecule has 0 bridgehead atoms. The smallest absolute Gasteiger partial charge is 0.227 e. The second kappa shape index (κ2) is 4.45. The molecule has 0 unspecified atom stereocenters. The zero-order chi connectivity index (χ0) is 10.7. The third-order valence-corrected chi connectivity index (χ3v) is 2.72. The van der Waals surface area contributed by atoms with E-state index in [1.54, 1.807) is 0 Å². The van der Waals surface area contributed by atoms with Crippen LogP contribution in [0, 0.1) is 0 Å². The molecule has 1 aliphatic rings. The molecule has 0 atom stereocenters. The number of benzene rings is 1. The Hall–Kier alpha value is -1.35. The molecule has 1 aliphatic heterocycles. The van der Waals surface area contributed by atoms with E-state index in [0.717, 1.165) is 24.2 Å². The van der Waals surface area contributed by atoms with E-state index in [1.807, 2.05) is 29.2 Å². The van der Waals surface area contributed by atoms with Crippen molar-refractivity contribution in [3.8, 4) is 0 Å². The molecule has 0 aliphatic carbocycles. The molecule has 15 heavy (non-hydrogen) atoms. The topological polar surface area (TPSA) is 40.5 Å². The fraction of sp³-hybridized carbons (Fsp3) is 0.417. The second-order valence-electron chi connectivity index (χ2n) is 3.79. The summed E-state index contributed by atoms with van der Waals surface area (Å²) >= 11 is 0. The van der Waals surface area contributed by atoms with Gasteiger partial charge in [0.05, 0.1) is 0 Å². The number of amides is 1. The first kappa shape index (κ1) is 10.2. The molecule has 1 amide bonds. The van der Waals surface area contributed by atoms with Gasteiger partial charge in [-0.25, -0.2) is 0 Å². The van der Waals surface area contributed by atoms with Crippen molar-refractivity contribution in [3.05, 3.63) is 29.8 Å². The summed E-state index contributed by atoms with van der Waals surface area (Å²) in [5.74, 6) is 0.213. The number of hydrogen-bond donors (Lipinski definition) is 1. The standard InChI is InChI=1S/C12H15NO2/c14-9-7-10-3-5-11(6-4-10)13-8-1-2-12(13)15/h3-6,14H,1-2,7-9H2. The summed E-state index contributed by atoms with van der Waals surface area (Å²) in [5, 5.41) is 8.78. The van der Waals surface area contributed by atoms with E-state index in [-0.39, 0.29) is 12.5 Å². The van der Waals surface area contributed by atoms with Gasteiger partial charge in [0, 0.05) is 25.3 Å². The molecule has 0 spiro atoms. The molecule has 0 saturated carbocycles. The summed E-state index contributed by atoms with van der Waals surface area (Å²) in [6.45, 7) is 1.00. The van der Waals surface area contributed by atoms with Crippen molar-refractivity contribution in [1.29, 1.82) is 0 Å². The van der Waals surface area contributed by atoms with Crippen LogP contribution in [0.1, 0.15) is 18.4 Å². The van der Waals surface area contributed by atoms with Crippen LogP contribution >= 0.6 is 0 Å². The molecule has 0 aromatic heterocycles. The maximum Gasteiger partial charge on any atom is 0.227 e. The number of carbonyl (C=O) groups is 1. The van der Waals surface area contributed by atoms with E-state index >= 15 is 0 Å². The van der Waals surface area contributed by atoms with Gasteiger partial charge in [-0.2, -0.15) is 0 Å². The Morgan fingerprint density at radius 2 is 2.00 bits per heavy atom. The van der Waals surface area contributed by atoms with Crippen LogP contribution in [0.2, 0.25) is 0 Å². The Morgan fingerprint density at radius 1 is 1.27 bits per heavy atom. The van der Waals surface area contributed by atoms with Crippen molar-refractivity contribution in [3.63, 3.8) is 0 Å². The number of aliphatic hydroxyl groups is 1. The van der Waals surface area contributed by atoms with Gasteiger partial charge in [-0.15, -0.1) is 0 Å². The van der Waals surface area contributed by atoms with Crippen LogP contribution in [0.15, 0.2) is 24.3 Å². The van der Waals surface area contributed by atoms with E-state index < -0.39 is 0 Å². The SMILES string of the molecule is O=C1CCCN1c1ccc(CCO)cc1. The highest BCUT2D eigenvalue weighted by Crippen LogP contribution is 2.21. The summed E-state index contributed by atoms with van der Waals surface area (Å²) in [6.07, 6.45) is 2.30. The van der Waals surface area contributed by atoms with Crippen molar-refractivity contribution < 1.29 is 9.90 Å². The van der Waals surface area contributed by atoms with Crippen LogP contribution in [-0.2, 0) is 11.2 Å². The van der Waals surface area contributed by atoms with Crippen LogP contribution < -0.4 is 4.90 Å². The fourth-order valence-corrected chi connectivity index (χ4v) is 1.89. The summed E-state index contributed by atoms with van der Waals surface area (Å²) in [7, 11) is 0. The Kier molecular flexibility index (Phi) is 3.02. The van der Waals surface area contributed by atoms with Crippen molar-refractivity contribution >= 4 is 11.6 Å². The summed E-state index contributed by atoms with van der Waals surface area (Å²) in [6, 6.07) is 7.84. The molecule has 1 N–H and O–H groups in total. The zero-order valence-electron chi connectivity index (χ0n) is 8.65. The second-order valence-corrected chi connectivity index (χ2v) is 3.79. The Morgan fingerprint density at radius 3 is 2.53 bits per heavy atom. The molecule has 1 heterocycles. The van der Waals surface area contributed by atoms with Gasteiger partial charge in [0.25, 0.3) is 0 Å². The van der Waals surface area contributed by atoms with Gasteiger partial charge in [-0.1, -0.05) is 12.1 Å². The summed E-state index contributed by atoms with van der Waals surface area (Å²) in [4.78, 5) is 13.3. The third kappa shape index (κ3) is 2.18. The summed E-state index contributed by atoms with van der Waals surface area (Å²) in [5.41, 5.74) is 2.08. The van der Waals surface area contributed by atoms with Gasteiger partial charge in [0.15, 0.2) is 0 Å². The molecule has 1 aromatic carbocycles. The van der Waals surface area contributed by atoms with Crippen molar-refractivity contribution in [2.24, 2.45) is 0 Å². The van der Waals surface area contributed by atoms with Crippen LogP contribution in [0.25, 0.3) is 0 Å². The van der Waals surface area contributed by atoms with E-state index in [9.17, 15) is 4.79 Å². The van der Waals surface area contributed by atoms with Crippen LogP contribution in [0.3, 0.4) is 0 Å². The maximum absolute atomic E-state index is 11.5. The largest absolute Gasteiger partial charge is 0.396 e. The first-order valence-corrected chi connectivity index (χ1v) is 5.31. The van der Waals surface area contributed by atoms with E-state index in [4.69, 9.17) is 5.11 Å². The zero-order valence-corrected chi connectivity index (χ0v) is 8.65. The number of anilines is 1. The van der Waals surface area contributed by atoms with E-state index in [2.05, 4.69) is 0 Å². The lowest BCUT2D eigenvalue weighted by Gasteiger charge is -2.15. The molecular formula is C12H15NO2. The molecular weight excluding hydrogens is 190 g/mol. The first-order chi connectivity index (χ1) is 7.31. The van der Waals surface area contributed by atoms with Crippen molar-refractivity contribution in [2.45, 2.75) is 19.3 Å². The minimum absolute atomic E-state index is 0.169. The average molecular weight is 205 g/mol. The van der Waals surface area contributed by atoms with Crippen molar-refractivity contribution in [2.75, 3.05) is 18.1 Å². The summed E-state index contributed by atoms with van der Waals surface area (Å²) < 4.78 is 0. The van der Waals surface area contributed by atoms with Gasteiger partial charge in [0.2, 0.25) is 5.91 Å². The highest BCUT2D eigenvalue weighted by atomic mass is 16.2. The molecule has 2 rings (SSSR count). The normalized spacial score (nSPS) is 16.1. The molecule has 0 radical (unpaired) electrons. The minimum Gasteiger partial charge on any atom is -0.396 e. The highest BCUT2D eigenvalue weighted by Gasteiger charge is 2.21. The molecule has 3 nitrogen and oxygen atoms in total.